The van der Waals surface area contributed by atoms with E-state index >= 15 is 0 Å². The zero-order valence-electron chi connectivity index (χ0n) is 14.4. The van der Waals surface area contributed by atoms with Crippen molar-refractivity contribution < 1.29 is 12.8 Å². The maximum Gasteiger partial charge on any atom is 0.419 e. The van der Waals surface area contributed by atoms with Gasteiger partial charge >= 0.3 is 5.76 Å². The number of hydrogen-bond donors (Lipinski definition) is 1. The molecule has 0 unspecified atom stereocenters. The lowest BCUT2D eigenvalue weighted by Gasteiger charge is -2.10. The van der Waals surface area contributed by atoms with Gasteiger partial charge in [0.1, 0.15) is 0 Å². The number of benzene rings is 2. The largest absolute Gasteiger partial charge is 0.419 e. The van der Waals surface area contributed by atoms with Gasteiger partial charge in [0, 0.05) is 13.6 Å². The fourth-order valence-corrected chi connectivity index (χ4v) is 4.59. The monoisotopic (exact) mass is 400 g/mol. The van der Waals surface area contributed by atoms with Crippen molar-refractivity contribution in [3.05, 3.63) is 75.4 Å². The quantitative estimate of drug-likeness (QED) is 0.557. The molecule has 0 saturated heterocycles. The number of thiophene rings is 1. The van der Waals surface area contributed by atoms with E-state index in [1.165, 1.54) is 29.8 Å². The van der Waals surface area contributed by atoms with Gasteiger partial charge in [-0.1, -0.05) is 24.3 Å². The lowest BCUT2D eigenvalue weighted by molar-refractivity contribution is 0.528. The van der Waals surface area contributed by atoms with Crippen LogP contribution in [-0.2, 0) is 23.6 Å². The van der Waals surface area contributed by atoms with E-state index in [1.807, 2.05) is 41.1 Å². The molecule has 0 saturated carbocycles. The van der Waals surface area contributed by atoms with Crippen LogP contribution in [0, 0.1) is 0 Å². The summed E-state index contributed by atoms with van der Waals surface area (Å²) in [5.41, 5.74) is 3.72. The van der Waals surface area contributed by atoms with E-state index < -0.39 is 15.8 Å². The Balaban J connectivity index is 1.64. The molecule has 2 aromatic carbocycles. The fraction of sp³-hybridized carbons (Fsp3) is 0.105. The van der Waals surface area contributed by atoms with Gasteiger partial charge in [-0.25, -0.2) is 17.9 Å². The molecule has 0 aliphatic rings. The maximum atomic E-state index is 12.7. The van der Waals surface area contributed by atoms with Gasteiger partial charge in [-0.3, -0.25) is 4.57 Å². The van der Waals surface area contributed by atoms with Gasteiger partial charge in [-0.2, -0.15) is 11.3 Å². The van der Waals surface area contributed by atoms with Crippen molar-refractivity contribution in [3.8, 4) is 11.1 Å². The molecule has 4 aromatic rings. The highest BCUT2D eigenvalue weighted by Crippen LogP contribution is 2.26. The summed E-state index contributed by atoms with van der Waals surface area (Å²) in [6, 6.07) is 14.0. The molecule has 2 aromatic heterocycles. The molecule has 0 spiro atoms. The first-order valence-corrected chi connectivity index (χ1v) is 10.6. The Morgan fingerprint density at radius 3 is 2.74 bits per heavy atom. The molecule has 6 nitrogen and oxygen atoms in total. The minimum absolute atomic E-state index is 0.0828. The number of hydrogen-bond acceptors (Lipinski definition) is 5. The molecule has 0 fully saturated rings. The molecule has 8 heteroatoms. The number of nitrogens with zero attached hydrogens (tertiary/aromatic N) is 1. The maximum absolute atomic E-state index is 12.7. The van der Waals surface area contributed by atoms with Crippen LogP contribution in [0.4, 0.5) is 0 Å². The lowest BCUT2D eigenvalue weighted by atomic mass is 10.0. The molecule has 138 valence electrons. The summed E-state index contributed by atoms with van der Waals surface area (Å²) in [6.45, 7) is 0.163. The van der Waals surface area contributed by atoms with Crippen LogP contribution in [0.15, 0.2) is 73.4 Å². The van der Waals surface area contributed by atoms with Gasteiger partial charge in [-0.15, -0.1) is 0 Å². The van der Waals surface area contributed by atoms with Gasteiger partial charge in [0.2, 0.25) is 10.0 Å². The average Bonchev–Trinajstić information content (AvgIpc) is 3.29. The van der Waals surface area contributed by atoms with E-state index in [9.17, 15) is 13.2 Å². The Morgan fingerprint density at radius 1 is 1.15 bits per heavy atom. The summed E-state index contributed by atoms with van der Waals surface area (Å²) < 4.78 is 34.4. The Kier molecular flexibility index (Phi) is 4.47. The second-order valence-corrected chi connectivity index (χ2v) is 8.60. The third-order valence-electron chi connectivity index (χ3n) is 4.38. The summed E-state index contributed by atoms with van der Waals surface area (Å²) >= 11 is 1.59. The second-order valence-electron chi connectivity index (χ2n) is 6.05. The Bertz CT molecular complexity index is 1270. The number of nitrogens with one attached hydrogen (secondary N) is 1. The van der Waals surface area contributed by atoms with Crippen molar-refractivity contribution in [2.75, 3.05) is 0 Å². The van der Waals surface area contributed by atoms with Crippen LogP contribution in [0.25, 0.3) is 22.2 Å². The summed E-state index contributed by atoms with van der Waals surface area (Å²) in [7, 11) is -2.21. The first-order chi connectivity index (χ1) is 13.0. The minimum atomic E-state index is -3.75. The van der Waals surface area contributed by atoms with E-state index in [0.717, 1.165) is 16.7 Å². The molecule has 0 aliphatic carbocycles. The van der Waals surface area contributed by atoms with Crippen molar-refractivity contribution in [2.45, 2.75) is 11.4 Å². The number of aromatic nitrogens is 1. The summed E-state index contributed by atoms with van der Waals surface area (Å²) in [4.78, 5) is 11.7. The molecule has 0 radical (unpaired) electrons. The van der Waals surface area contributed by atoms with Crippen LogP contribution in [0.3, 0.4) is 0 Å². The molecule has 4 rings (SSSR count). The Labute approximate surface area is 159 Å². The number of aryl methyl sites for hydroxylation is 1. The smallest absolute Gasteiger partial charge is 0.408 e. The predicted octanol–water partition coefficient (Wildman–Crippen LogP) is 3.34. The molecule has 0 bridgehead atoms. The van der Waals surface area contributed by atoms with Gasteiger partial charge in [0.15, 0.2) is 5.58 Å². The van der Waals surface area contributed by atoms with Crippen LogP contribution >= 0.6 is 11.3 Å². The highest BCUT2D eigenvalue weighted by atomic mass is 32.2. The van der Waals surface area contributed by atoms with Gasteiger partial charge in [0.25, 0.3) is 0 Å². The summed E-state index contributed by atoms with van der Waals surface area (Å²) in [5.74, 6) is -0.530. The van der Waals surface area contributed by atoms with Crippen molar-refractivity contribution in [2.24, 2.45) is 7.05 Å². The van der Waals surface area contributed by atoms with E-state index in [4.69, 9.17) is 4.42 Å². The van der Waals surface area contributed by atoms with Crippen LogP contribution in [0.1, 0.15) is 5.56 Å². The number of rotatable bonds is 5. The van der Waals surface area contributed by atoms with Crippen LogP contribution < -0.4 is 10.5 Å². The van der Waals surface area contributed by atoms with E-state index in [2.05, 4.69) is 4.72 Å². The first-order valence-electron chi connectivity index (χ1n) is 8.15. The first kappa shape index (κ1) is 17.7. The Morgan fingerprint density at radius 2 is 1.96 bits per heavy atom. The molecule has 0 aliphatic heterocycles. The number of oxazole rings is 1. The predicted molar refractivity (Wildman–Crippen MR) is 105 cm³/mol. The van der Waals surface area contributed by atoms with E-state index in [0.29, 0.717) is 11.1 Å². The van der Waals surface area contributed by atoms with Crippen molar-refractivity contribution in [3.63, 3.8) is 0 Å². The molecule has 0 atom stereocenters. The number of sulfonamides is 1. The number of fused-ring (bicyclic) bond motifs is 1. The second kappa shape index (κ2) is 6.80. The third kappa shape index (κ3) is 3.34. The van der Waals surface area contributed by atoms with Crippen LogP contribution in [0.5, 0.6) is 0 Å². The molecular formula is C19H16N2O4S2. The Hall–Kier alpha value is -2.68. The van der Waals surface area contributed by atoms with E-state index in [1.54, 1.807) is 11.3 Å². The van der Waals surface area contributed by atoms with Gasteiger partial charge in [0.05, 0.1) is 10.4 Å². The lowest BCUT2D eigenvalue weighted by Crippen LogP contribution is -2.23. The van der Waals surface area contributed by atoms with Crippen molar-refractivity contribution in [1.82, 2.24) is 9.29 Å². The van der Waals surface area contributed by atoms with Crippen molar-refractivity contribution >= 4 is 32.5 Å². The van der Waals surface area contributed by atoms with E-state index in [-0.39, 0.29) is 11.4 Å². The highest BCUT2D eigenvalue weighted by Gasteiger charge is 2.17. The molecule has 0 amide bonds. The molecule has 2 heterocycles. The average molecular weight is 400 g/mol. The SMILES string of the molecule is Cn1c(=O)oc2ccc(S(=O)(=O)NCc3ccccc3-c3ccsc3)cc21. The normalized spacial score (nSPS) is 11.9. The topological polar surface area (TPSA) is 81.3 Å². The van der Waals surface area contributed by atoms with Gasteiger partial charge in [-0.05, 0) is 51.7 Å². The molecule has 27 heavy (non-hydrogen) atoms. The van der Waals surface area contributed by atoms with Crippen molar-refractivity contribution in [1.29, 1.82) is 0 Å². The fourth-order valence-electron chi connectivity index (χ4n) is 2.90. The zero-order valence-corrected chi connectivity index (χ0v) is 16.0. The van der Waals surface area contributed by atoms with Gasteiger partial charge < -0.3 is 4.42 Å². The minimum Gasteiger partial charge on any atom is -0.408 e. The zero-order chi connectivity index (χ0) is 19.0. The molecule has 1 N–H and O–H groups in total. The van der Waals surface area contributed by atoms with Crippen LogP contribution in [0.2, 0.25) is 0 Å². The summed E-state index contributed by atoms with van der Waals surface area (Å²) in [6.07, 6.45) is 0. The summed E-state index contributed by atoms with van der Waals surface area (Å²) in [5, 5.41) is 4.02. The van der Waals surface area contributed by atoms with Crippen LogP contribution in [-0.4, -0.2) is 13.0 Å². The highest BCUT2D eigenvalue weighted by molar-refractivity contribution is 7.89. The third-order valence-corrected chi connectivity index (χ3v) is 6.46. The molecular weight excluding hydrogens is 384 g/mol. The standard InChI is InChI=1S/C19H16N2O4S2/c1-21-17-10-15(6-7-18(17)25-19(21)22)27(23,24)20-11-13-4-2-3-5-16(13)14-8-9-26-12-14/h2-10,12,20H,11H2,1H3.